The lowest BCUT2D eigenvalue weighted by molar-refractivity contribution is -0.135. The third-order valence-electron chi connectivity index (χ3n) is 3.85. The Labute approximate surface area is 110 Å². The first-order valence-electron chi connectivity index (χ1n) is 6.66. The minimum atomic E-state index is -4.26. The molecule has 3 nitrogen and oxygen atoms in total. The molecule has 1 amide bonds. The maximum atomic E-state index is 12.5. The van der Waals surface area contributed by atoms with E-state index in [0.717, 1.165) is 25.5 Å². The van der Waals surface area contributed by atoms with E-state index in [1.54, 1.807) is 0 Å². The number of amides is 1. The highest BCUT2D eigenvalue weighted by Crippen LogP contribution is 2.30. The van der Waals surface area contributed by atoms with Crippen LogP contribution in [0.2, 0.25) is 0 Å². The van der Waals surface area contributed by atoms with Crippen LogP contribution in [0.1, 0.15) is 26.2 Å². The molecule has 2 atom stereocenters. The van der Waals surface area contributed by atoms with Gasteiger partial charge in [-0.25, -0.2) is 0 Å². The van der Waals surface area contributed by atoms with Crippen molar-refractivity contribution in [1.29, 1.82) is 0 Å². The fourth-order valence-corrected chi connectivity index (χ4v) is 2.64. The van der Waals surface area contributed by atoms with Crippen LogP contribution >= 0.6 is 0 Å². The normalized spacial score (nSPS) is 29.1. The summed E-state index contributed by atoms with van der Waals surface area (Å²) in [6.07, 6.45) is -1.41. The number of nitrogens with one attached hydrogen (secondary N) is 1. The topological polar surface area (TPSA) is 32.3 Å². The standard InChI is InChI=1S/C13H19F3N2O/c1-9-2-5-17-11(8-9)12(19)18-6-3-10(4-7-18)13(14,15)16/h3,9,11,17H,2,4-8H2,1H3. The monoisotopic (exact) mass is 276 g/mol. The lowest BCUT2D eigenvalue weighted by Gasteiger charge is -2.34. The van der Waals surface area contributed by atoms with Crippen LogP contribution < -0.4 is 5.32 Å². The molecule has 0 radical (unpaired) electrons. The van der Waals surface area contributed by atoms with E-state index in [4.69, 9.17) is 0 Å². The summed E-state index contributed by atoms with van der Waals surface area (Å²) in [5.74, 6) is 0.422. The predicted molar refractivity (Wildman–Crippen MR) is 65.5 cm³/mol. The molecule has 19 heavy (non-hydrogen) atoms. The molecular weight excluding hydrogens is 257 g/mol. The molecule has 0 saturated carbocycles. The molecule has 2 unspecified atom stereocenters. The van der Waals surface area contributed by atoms with E-state index in [2.05, 4.69) is 12.2 Å². The molecule has 1 saturated heterocycles. The van der Waals surface area contributed by atoms with E-state index in [-0.39, 0.29) is 31.5 Å². The van der Waals surface area contributed by atoms with Gasteiger partial charge in [0.1, 0.15) is 0 Å². The molecule has 0 aromatic rings. The van der Waals surface area contributed by atoms with Crippen LogP contribution in [0, 0.1) is 5.92 Å². The fraction of sp³-hybridized carbons (Fsp3) is 0.769. The van der Waals surface area contributed by atoms with E-state index < -0.39 is 11.7 Å². The summed E-state index contributed by atoms with van der Waals surface area (Å²) < 4.78 is 37.5. The Hall–Kier alpha value is -1.04. The number of hydrogen-bond donors (Lipinski definition) is 1. The third kappa shape index (κ3) is 3.49. The maximum Gasteiger partial charge on any atom is 0.412 e. The second kappa shape index (κ2) is 5.53. The third-order valence-corrected chi connectivity index (χ3v) is 3.85. The highest BCUT2D eigenvalue weighted by atomic mass is 19.4. The van der Waals surface area contributed by atoms with Gasteiger partial charge in [-0.2, -0.15) is 13.2 Å². The fourth-order valence-electron chi connectivity index (χ4n) is 2.64. The first-order valence-corrected chi connectivity index (χ1v) is 6.66. The Morgan fingerprint density at radius 3 is 2.74 bits per heavy atom. The van der Waals surface area contributed by atoms with Crippen LogP contribution in [-0.2, 0) is 4.79 Å². The van der Waals surface area contributed by atoms with Crippen molar-refractivity contribution in [2.24, 2.45) is 5.92 Å². The van der Waals surface area contributed by atoms with Crippen LogP contribution in [-0.4, -0.2) is 42.7 Å². The predicted octanol–water partition coefficient (Wildman–Crippen LogP) is 2.10. The van der Waals surface area contributed by atoms with Crippen molar-refractivity contribution < 1.29 is 18.0 Å². The molecule has 0 aliphatic carbocycles. The second-order valence-corrected chi connectivity index (χ2v) is 5.40. The van der Waals surface area contributed by atoms with Gasteiger partial charge in [0.05, 0.1) is 6.04 Å². The summed E-state index contributed by atoms with van der Waals surface area (Å²) >= 11 is 0. The highest BCUT2D eigenvalue weighted by molar-refractivity contribution is 5.82. The molecule has 2 heterocycles. The Morgan fingerprint density at radius 1 is 1.47 bits per heavy atom. The number of alkyl halides is 3. The quantitative estimate of drug-likeness (QED) is 0.744. The smallest absolute Gasteiger partial charge is 0.337 e. The Morgan fingerprint density at radius 2 is 2.21 bits per heavy atom. The highest BCUT2D eigenvalue weighted by Gasteiger charge is 2.36. The number of hydrogen-bond acceptors (Lipinski definition) is 2. The van der Waals surface area contributed by atoms with E-state index in [0.29, 0.717) is 5.92 Å². The number of rotatable bonds is 1. The van der Waals surface area contributed by atoms with E-state index >= 15 is 0 Å². The summed E-state index contributed by atoms with van der Waals surface area (Å²) in [5.41, 5.74) is -0.512. The van der Waals surface area contributed by atoms with Crippen LogP contribution in [0.25, 0.3) is 0 Å². The van der Waals surface area contributed by atoms with Crippen molar-refractivity contribution in [3.8, 4) is 0 Å². The number of piperidine rings is 1. The van der Waals surface area contributed by atoms with Crippen LogP contribution in [0.15, 0.2) is 11.6 Å². The van der Waals surface area contributed by atoms with Crippen LogP contribution in [0.5, 0.6) is 0 Å². The van der Waals surface area contributed by atoms with Gasteiger partial charge in [0, 0.05) is 18.7 Å². The first-order chi connectivity index (χ1) is 8.88. The zero-order valence-corrected chi connectivity index (χ0v) is 11.0. The number of nitrogens with zero attached hydrogens (tertiary/aromatic N) is 1. The molecule has 1 N–H and O–H groups in total. The molecule has 0 aromatic carbocycles. The molecule has 0 bridgehead atoms. The van der Waals surface area contributed by atoms with Crippen molar-refractivity contribution in [3.05, 3.63) is 11.6 Å². The summed E-state index contributed by atoms with van der Waals surface area (Å²) in [6, 6.07) is -0.232. The minimum Gasteiger partial charge on any atom is -0.337 e. The molecular formula is C13H19F3N2O. The van der Waals surface area contributed by atoms with Gasteiger partial charge < -0.3 is 10.2 Å². The zero-order chi connectivity index (χ0) is 14.0. The van der Waals surface area contributed by atoms with Crippen molar-refractivity contribution in [2.45, 2.75) is 38.4 Å². The van der Waals surface area contributed by atoms with Gasteiger partial charge in [-0.15, -0.1) is 0 Å². The summed E-state index contributed by atoms with van der Waals surface area (Å²) in [5, 5.41) is 3.15. The van der Waals surface area contributed by atoms with E-state index in [1.165, 1.54) is 4.90 Å². The Kier molecular flexibility index (Phi) is 4.18. The van der Waals surface area contributed by atoms with Crippen LogP contribution in [0.4, 0.5) is 13.2 Å². The SMILES string of the molecule is CC1CCNC(C(=O)N2CC=C(C(F)(F)F)CC2)C1. The molecule has 2 aliphatic rings. The lowest BCUT2D eigenvalue weighted by Crippen LogP contribution is -2.51. The molecule has 108 valence electrons. The number of carbonyl (C=O) groups is 1. The Bertz CT molecular complexity index is 379. The zero-order valence-electron chi connectivity index (χ0n) is 11.0. The second-order valence-electron chi connectivity index (χ2n) is 5.40. The van der Waals surface area contributed by atoms with Gasteiger partial charge >= 0.3 is 6.18 Å². The first kappa shape index (κ1) is 14.4. The summed E-state index contributed by atoms with van der Waals surface area (Å²) in [4.78, 5) is 13.7. The minimum absolute atomic E-state index is 0.0657. The van der Waals surface area contributed by atoms with Gasteiger partial charge in [0.25, 0.3) is 0 Å². The molecule has 0 aromatic heterocycles. The van der Waals surface area contributed by atoms with E-state index in [9.17, 15) is 18.0 Å². The average molecular weight is 276 g/mol. The molecule has 0 spiro atoms. The van der Waals surface area contributed by atoms with Gasteiger partial charge in [0.2, 0.25) is 5.91 Å². The van der Waals surface area contributed by atoms with Gasteiger partial charge in [-0.3, -0.25) is 4.79 Å². The lowest BCUT2D eigenvalue weighted by atomic mass is 9.93. The van der Waals surface area contributed by atoms with Gasteiger partial charge in [-0.05, 0) is 31.7 Å². The summed E-state index contributed by atoms with van der Waals surface area (Å²) in [7, 11) is 0. The Balaban J connectivity index is 1.94. The van der Waals surface area contributed by atoms with Gasteiger partial charge in [-0.1, -0.05) is 13.0 Å². The molecule has 1 fully saturated rings. The summed E-state index contributed by atoms with van der Waals surface area (Å²) in [6.45, 7) is 3.13. The molecule has 2 rings (SSSR count). The van der Waals surface area contributed by atoms with E-state index in [1.807, 2.05) is 0 Å². The van der Waals surface area contributed by atoms with Gasteiger partial charge in [0.15, 0.2) is 0 Å². The number of halogens is 3. The van der Waals surface area contributed by atoms with Crippen molar-refractivity contribution in [1.82, 2.24) is 10.2 Å². The van der Waals surface area contributed by atoms with Crippen molar-refractivity contribution >= 4 is 5.91 Å². The van der Waals surface area contributed by atoms with Crippen molar-refractivity contribution in [2.75, 3.05) is 19.6 Å². The maximum absolute atomic E-state index is 12.5. The average Bonchev–Trinajstić information content (AvgIpc) is 2.37. The molecule has 2 aliphatic heterocycles. The number of carbonyl (C=O) groups excluding carboxylic acids is 1. The largest absolute Gasteiger partial charge is 0.412 e. The van der Waals surface area contributed by atoms with Crippen molar-refractivity contribution in [3.63, 3.8) is 0 Å². The molecule has 6 heteroatoms. The van der Waals surface area contributed by atoms with Crippen LogP contribution in [0.3, 0.4) is 0 Å².